The summed E-state index contributed by atoms with van der Waals surface area (Å²) in [5.41, 5.74) is -0.942. The minimum Gasteiger partial charge on any atom is -0.444 e. The molecule has 0 bridgehead atoms. The van der Waals surface area contributed by atoms with E-state index in [2.05, 4.69) is 27.9 Å². The van der Waals surface area contributed by atoms with Gasteiger partial charge in [0.2, 0.25) is 0 Å². The molecule has 0 aliphatic carbocycles. The summed E-state index contributed by atoms with van der Waals surface area (Å²) in [6, 6.07) is 0. The number of carbonyl (C=O) groups is 1. The van der Waals surface area contributed by atoms with Gasteiger partial charge in [-0.2, -0.15) is 0 Å². The van der Waals surface area contributed by atoms with Gasteiger partial charge in [-0.1, -0.05) is 22.6 Å². The Morgan fingerprint density at radius 3 is 2.24 bits per heavy atom. The van der Waals surface area contributed by atoms with E-state index in [1.807, 2.05) is 27.7 Å². The van der Waals surface area contributed by atoms with Crippen LogP contribution in [0, 0.1) is 0 Å². The highest BCUT2D eigenvalue weighted by molar-refractivity contribution is 14.1. The number of hydrogen-bond donors (Lipinski definition) is 1. The molecular formula is C14H28INO5. The van der Waals surface area contributed by atoms with E-state index in [9.17, 15) is 4.79 Å². The van der Waals surface area contributed by atoms with Gasteiger partial charge in [-0.3, -0.25) is 0 Å². The minimum atomic E-state index is -0.499. The normalized spacial score (nSPS) is 14.6. The van der Waals surface area contributed by atoms with Crippen LogP contribution >= 0.6 is 22.6 Å². The van der Waals surface area contributed by atoms with Crippen LogP contribution in [0.2, 0.25) is 0 Å². The maximum Gasteiger partial charge on any atom is 0.407 e. The third-order valence-corrected chi connectivity index (χ3v) is 4.01. The van der Waals surface area contributed by atoms with Gasteiger partial charge in [0.1, 0.15) is 5.60 Å². The van der Waals surface area contributed by atoms with Gasteiger partial charge in [-0.25, -0.2) is 4.79 Å². The third-order valence-electron chi connectivity index (χ3n) is 2.40. The predicted octanol–water partition coefficient (Wildman–Crippen LogP) is 2.38. The van der Waals surface area contributed by atoms with Crippen molar-refractivity contribution in [3.05, 3.63) is 0 Å². The first-order valence-electron chi connectivity index (χ1n) is 6.96. The zero-order valence-electron chi connectivity index (χ0n) is 13.7. The summed E-state index contributed by atoms with van der Waals surface area (Å²) in [5.74, 6) is 0. The monoisotopic (exact) mass is 417 g/mol. The average Bonchev–Trinajstić information content (AvgIpc) is 2.39. The van der Waals surface area contributed by atoms with Gasteiger partial charge >= 0.3 is 6.09 Å². The average molecular weight is 417 g/mol. The Morgan fingerprint density at radius 1 is 1.10 bits per heavy atom. The molecule has 0 aromatic rings. The summed E-state index contributed by atoms with van der Waals surface area (Å²) in [4.78, 5) is 11.6. The number of amides is 1. The third kappa shape index (κ3) is 12.1. The highest BCUT2D eigenvalue weighted by atomic mass is 127. The van der Waals surface area contributed by atoms with Gasteiger partial charge in [-0.05, 0) is 27.7 Å². The zero-order chi connectivity index (χ0) is 16.4. The topological polar surface area (TPSA) is 66.0 Å². The number of alkyl carbamates (subject to hydrolysis) is 1. The first-order valence-corrected chi connectivity index (χ1v) is 8.48. The molecule has 0 spiro atoms. The number of alkyl halides is 1. The van der Waals surface area contributed by atoms with Crippen molar-refractivity contribution in [1.82, 2.24) is 5.32 Å². The van der Waals surface area contributed by atoms with E-state index in [1.54, 1.807) is 7.11 Å². The zero-order valence-corrected chi connectivity index (χ0v) is 15.8. The van der Waals surface area contributed by atoms with Gasteiger partial charge in [0.15, 0.2) is 0 Å². The quantitative estimate of drug-likeness (QED) is 0.336. The van der Waals surface area contributed by atoms with Gasteiger partial charge in [-0.15, -0.1) is 0 Å². The number of rotatable bonds is 10. The number of ether oxygens (including phenoxy) is 4. The second-order valence-corrected chi connectivity index (χ2v) is 6.66. The lowest BCUT2D eigenvalue weighted by Crippen LogP contribution is -2.46. The van der Waals surface area contributed by atoms with Crippen LogP contribution in [0.3, 0.4) is 0 Å². The van der Waals surface area contributed by atoms with Crippen molar-refractivity contribution in [2.45, 2.75) is 38.9 Å². The van der Waals surface area contributed by atoms with E-state index in [0.29, 0.717) is 33.0 Å². The fourth-order valence-corrected chi connectivity index (χ4v) is 1.79. The Balaban J connectivity index is 3.96. The maximum absolute atomic E-state index is 11.6. The van der Waals surface area contributed by atoms with Crippen LogP contribution in [0.5, 0.6) is 0 Å². The molecule has 1 N–H and O–H groups in total. The van der Waals surface area contributed by atoms with Crippen LogP contribution < -0.4 is 5.32 Å². The lowest BCUT2D eigenvalue weighted by Gasteiger charge is -2.29. The molecule has 0 radical (unpaired) electrons. The van der Waals surface area contributed by atoms with E-state index in [-0.39, 0.29) is 0 Å². The van der Waals surface area contributed by atoms with Crippen LogP contribution in [-0.2, 0) is 18.9 Å². The van der Waals surface area contributed by atoms with Crippen LogP contribution in [-0.4, -0.2) is 61.8 Å². The van der Waals surface area contributed by atoms with E-state index in [4.69, 9.17) is 18.9 Å². The number of halogens is 1. The van der Waals surface area contributed by atoms with Gasteiger partial charge in [0, 0.05) is 11.5 Å². The van der Waals surface area contributed by atoms with Crippen molar-refractivity contribution in [2.24, 2.45) is 0 Å². The first kappa shape index (κ1) is 20.9. The lowest BCUT2D eigenvalue weighted by molar-refractivity contribution is -0.0458. The van der Waals surface area contributed by atoms with Crippen molar-refractivity contribution in [3.63, 3.8) is 0 Å². The van der Waals surface area contributed by atoms with Crippen molar-refractivity contribution in [2.75, 3.05) is 44.5 Å². The smallest absolute Gasteiger partial charge is 0.407 e. The number of carbonyl (C=O) groups excluding carboxylic acids is 1. The molecule has 7 heteroatoms. The van der Waals surface area contributed by atoms with Crippen molar-refractivity contribution >= 4 is 28.7 Å². The van der Waals surface area contributed by atoms with E-state index in [0.717, 1.165) is 4.43 Å². The van der Waals surface area contributed by atoms with Crippen LogP contribution in [0.4, 0.5) is 4.79 Å². The molecule has 21 heavy (non-hydrogen) atoms. The molecule has 0 aliphatic rings. The lowest BCUT2D eigenvalue weighted by atomic mass is 10.1. The maximum atomic E-state index is 11.6. The largest absolute Gasteiger partial charge is 0.444 e. The summed E-state index contributed by atoms with van der Waals surface area (Å²) in [6.07, 6.45) is -0.432. The Kier molecular flexibility index (Phi) is 10.5. The highest BCUT2D eigenvalue weighted by Crippen LogP contribution is 2.14. The molecule has 0 saturated heterocycles. The number of nitrogens with one attached hydrogen (secondary N) is 1. The molecule has 1 unspecified atom stereocenters. The Morgan fingerprint density at radius 2 is 1.71 bits per heavy atom. The van der Waals surface area contributed by atoms with E-state index in [1.165, 1.54) is 0 Å². The predicted molar refractivity (Wildman–Crippen MR) is 90.2 cm³/mol. The highest BCUT2D eigenvalue weighted by Gasteiger charge is 2.26. The summed E-state index contributed by atoms with van der Waals surface area (Å²) in [7, 11) is 1.63. The molecule has 0 heterocycles. The standard InChI is InChI=1S/C14H28INO5/c1-13(2,3)21-12(17)16-11-14(4,10-15)20-9-8-19-7-6-18-5/h6-11H2,1-5H3,(H,16,17). The molecular weight excluding hydrogens is 389 g/mol. The van der Waals surface area contributed by atoms with Crippen molar-refractivity contribution in [3.8, 4) is 0 Å². The fourth-order valence-electron chi connectivity index (χ4n) is 1.30. The first-order chi connectivity index (χ1) is 9.72. The molecule has 0 fully saturated rings. The molecule has 1 amide bonds. The van der Waals surface area contributed by atoms with E-state index < -0.39 is 17.3 Å². The SMILES string of the molecule is COCCOCCOC(C)(CI)CNC(=O)OC(C)(C)C. The molecule has 126 valence electrons. The van der Waals surface area contributed by atoms with Gasteiger partial charge in [0.25, 0.3) is 0 Å². The Labute approximate surface area is 141 Å². The second-order valence-electron chi connectivity index (χ2n) is 5.89. The minimum absolute atomic E-state index is 0.392. The van der Waals surface area contributed by atoms with Crippen LogP contribution in [0.25, 0.3) is 0 Å². The van der Waals surface area contributed by atoms with Crippen LogP contribution in [0.15, 0.2) is 0 Å². The number of methoxy groups -OCH3 is 1. The summed E-state index contributed by atoms with van der Waals surface area (Å²) in [6.45, 7) is 9.94. The number of hydrogen-bond acceptors (Lipinski definition) is 5. The molecule has 1 atom stereocenters. The second kappa shape index (κ2) is 10.6. The Hall–Kier alpha value is -0.120. The fraction of sp³-hybridized carbons (Fsp3) is 0.929. The molecule has 0 aliphatic heterocycles. The van der Waals surface area contributed by atoms with Gasteiger partial charge in [0.05, 0.1) is 38.6 Å². The van der Waals surface area contributed by atoms with Crippen LogP contribution in [0.1, 0.15) is 27.7 Å². The van der Waals surface area contributed by atoms with Crippen molar-refractivity contribution in [1.29, 1.82) is 0 Å². The summed E-state index contributed by atoms with van der Waals surface area (Å²) >= 11 is 2.24. The summed E-state index contributed by atoms with van der Waals surface area (Å²) in [5, 5.41) is 2.74. The Bertz CT molecular complexity index is 296. The van der Waals surface area contributed by atoms with E-state index >= 15 is 0 Å². The molecule has 0 rings (SSSR count). The summed E-state index contributed by atoms with van der Waals surface area (Å²) < 4.78 is 22.0. The van der Waals surface area contributed by atoms with Gasteiger partial charge < -0.3 is 24.3 Å². The molecule has 0 aromatic heterocycles. The molecule has 0 aromatic carbocycles. The molecule has 0 saturated carbocycles. The molecule has 6 nitrogen and oxygen atoms in total. The van der Waals surface area contributed by atoms with Crippen molar-refractivity contribution < 1.29 is 23.7 Å².